The van der Waals surface area contributed by atoms with Gasteiger partial charge in [-0.25, -0.2) is 15.0 Å². The Hall–Kier alpha value is -6.58. The van der Waals surface area contributed by atoms with Crippen LogP contribution in [0.15, 0.2) is 144 Å². The molecule has 0 aliphatic carbocycles. The first-order chi connectivity index (χ1) is 22.7. The van der Waals surface area contributed by atoms with Crippen molar-refractivity contribution in [3.63, 3.8) is 0 Å². The van der Waals surface area contributed by atoms with Gasteiger partial charge in [-0.15, -0.1) is 0 Å². The fourth-order valence-corrected chi connectivity index (χ4v) is 6.37. The van der Waals surface area contributed by atoms with Crippen LogP contribution in [-0.2, 0) is 0 Å². The van der Waals surface area contributed by atoms with E-state index < -0.39 is 0 Å². The first kappa shape index (κ1) is 25.9. The Morgan fingerprint density at radius 3 is 1.85 bits per heavy atom. The molecule has 0 amide bonds. The van der Waals surface area contributed by atoms with Crippen molar-refractivity contribution in [2.75, 3.05) is 0 Å². The zero-order valence-corrected chi connectivity index (χ0v) is 24.4. The molecule has 0 spiro atoms. The molecule has 0 aliphatic rings. The molecule has 0 atom stereocenters. The van der Waals surface area contributed by atoms with Gasteiger partial charge in [-0.2, -0.15) is 5.26 Å². The van der Waals surface area contributed by atoms with Crippen LogP contribution in [0.3, 0.4) is 0 Å². The maximum atomic E-state index is 9.99. The van der Waals surface area contributed by atoms with E-state index >= 15 is 0 Å². The number of para-hydroxylation sites is 3. The molecule has 3 heterocycles. The Kier molecular flexibility index (Phi) is 5.77. The summed E-state index contributed by atoms with van der Waals surface area (Å²) in [5.41, 5.74) is 7.61. The average molecular weight is 590 g/mol. The molecule has 9 aromatic rings. The Morgan fingerprint density at radius 2 is 1.11 bits per heavy atom. The van der Waals surface area contributed by atoms with Crippen molar-refractivity contribution in [2.24, 2.45) is 0 Å². The predicted octanol–water partition coefficient (Wildman–Crippen LogP) is 9.74. The second-order valence-electron chi connectivity index (χ2n) is 11.2. The van der Waals surface area contributed by atoms with Gasteiger partial charge in [0.1, 0.15) is 11.2 Å². The minimum Gasteiger partial charge on any atom is -0.456 e. The molecule has 214 valence electrons. The Balaban J connectivity index is 1.33. The lowest BCUT2D eigenvalue weighted by molar-refractivity contribution is 0.669. The van der Waals surface area contributed by atoms with Crippen molar-refractivity contribution in [1.82, 2.24) is 19.5 Å². The number of nitrogens with zero attached hydrogens (tertiary/aromatic N) is 5. The standard InChI is InChI=1S/C40H23N5O/c41-24-25-18-20-35(45-33-15-7-4-12-28(33)29-13-5-8-16-34(29)45)32(22-25)40-43-38(26-10-2-1-3-11-26)42-39(44-40)27-19-21-37-31(23-27)30-14-6-9-17-36(30)46-37/h1-23H. The fourth-order valence-electron chi connectivity index (χ4n) is 6.37. The van der Waals surface area contributed by atoms with Crippen molar-refractivity contribution >= 4 is 43.7 Å². The molecule has 3 aromatic heterocycles. The van der Waals surface area contributed by atoms with E-state index in [1.54, 1.807) is 0 Å². The summed E-state index contributed by atoms with van der Waals surface area (Å²) in [5, 5.41) is 14.3. The normalized spacial score (nSPS) is 11.5. The van der Waals surface area contributed by atoms with Crippen LogP contribution in [-0.4, -0.2) is 19.5 Å². The third kappa shape index (κ3) is 4.07. The molecular formula is C40H23N5O. The summed E-state index contributed by atoms with van der Waals surface area (Å²) >= 11 is 0. The fraction of sp³-hybridized carbons (Fsp3) is 0. The summed E-state index contributed by atoms with van der Waals surface area (Å²) in [6, 6.07) is 48.7. The largest absolute Gasteiger partial charge is 0.456 e. The van der Waals surface area contributed by atoms with Crippen LogP contribution in [0.5, 0.6) is 0 Å². The summed E-state index contributed by atoms with van der Waals surface area (Å²) < 4.78 is 8.33. The van der Waals surface area contributed by atoms with Crippen molar-refractivity contribution in [3.8, 4) is 45.9 Å². The molecule has 6 heteroatoms. The topological polar surface area (TPSA) is 80.5 Å². The molecule has 0 saturated heterocycles. The van der Waals surface area contributed by atoms with Crippen LogP contribution in [0.1, 0.15) is 5.56 Å². The monoisotopic (exact) mass is 589 g/mol. The van der Waals surface area contributed by atoms with Gasteiger partial charge in [0, 0.05) is 38.2 Å². The summed E-state index contributed by atoms with van der Waals surface area (Å²) in [6.45, 7) is 0. The summed E-state index contributed by atoms with van der Waals surface area (Å²) in [5.74, 6) is 1.56. The van der Waals surface area contributed by atoms with E-state index in [1.165, 1.54) is 0 Å². The van der Waals surface area contributed by atoms with Gasteiger partial charge >= 0.3 is 0 Å². The number of hydrogen-bond acceptors (Lipinski definition) is 5. The van der Waals surface area contributed by atoms with E-state index in [0.29, 0.717) is 23.0 Å². The minimum absolute atomic E-state index is 0.481. The molecule has 0 aliphatic heterocycles. The maximum absolute atomic E-state index is 9.99. The third-order valence-corrected chi connectivity index (χ3v) is 8.49. The molecule has 9 rings (SSSR count). The summed E-state index contributed by atoms with van der Waals surface area (Å²) in [4.78, 5) is 15.1. The van der Waals surface area contributed by atoms with E-state index in [0.717, 1.165) is 66.1 Å². The Labute approximate surface area is 263 Å². The lowest BCUT2D eigenvalue weighted by Crippen LogP contribution is -2.04. The van der Waals surface area contributed by atoms with E-state index in [2.05, 4.69) is 59.2 Å². The second-order valence-corrected chi connectivity index (χ2v) is 11.2. The number of furan rings is 1. The third-order valence-electron chi connectivity index (χ3n) is 8.49. The molecule has 6 nitrogen and oxygen atoms in total. The highest BCUT2D eigenvalue weighted by molar-refractivity contribution is 6.10. The van der Waals surface area contributed by atoms with E-state index in [-0.39, 0.29) is 0 Å². The first-order valence-corrected chi connectivity index (χ1v) is 15.0. The first-order valence-electron chi connectivity index (χ1n) is 15.0. The molecule has 46 heavy (non-hydrogen) atoms. The van der Waals surface area contributed by atoms with Crippen molar-refractivity contribution in [2.45, 2.75) is 0 Å². The summed E-state index contributed by atoms with van der Waals surface area (Å²) in [6.07, 6.45) is 0. The number of hydrogen-bond donors (Lipinski definition) is 0. The predicted molar refractivity (Wildman–Crippen MR) is 182 cm³/mol. The zero-order chi connectivity index (χ0) is 30.6. The Morgan fingerprint density at radius 1 is 0.500 bits per heavy atom. The molecule has 0 radical (unpaired) electrons. The average Bonchev–Trinajstić information content (AvgIpc) is 3.67. The van der Waals surface area contributed by atoms with Gasteiger partial charge in [0.05, 0.1) is 28.4 Å². The molecule has 0 bridgehead atoms. The molecular weight excluding hydrogens is 566 g/mol. The van der Waals surface area contributed by atoms with Gasteiger partial charge in [-0.05, 0) is 54.6 Å². The van der Waals surface area contributed by atoms with E-state index in [9.17, 15) is 5.26 Å². The van der Waals surface area contributed by atoms with Crippen LogP contribution in [0, 0.1) is 11.3 Å². The van der Waals surface area contributed by atoms with Crippen LogP contribution in [0.4, 0.5) is 0 Å². The van der Waals surface area contributed by atoms with E-state index in [4.69, 9.17) is 19.4 Å². The molecule has 0 saturated carbocycles. The maximum Gasteiger partial charge on any atom is 0.166 e. The van der Waals surface area contributed by atoms with Gasteiger partial charge in [0.25, 0.3) is 0 Å². The van der Waals surface area contributed by atoms with Crippen LogP contribution in [0.25, 0.3) is 83.6 Å². The van der Waals surface area contributed by atoms with Crippen molar-refractivity contribution in [1.29, 1.82) is 5.26 Å². The number of nitriles is 1. The lowest BCUT2D eigenvalue weighted by atomic mass is 10.1. The highest BCUT2D eigenvalue weighted by Gasteiger charge is 2.20. The lowest BCUT2D eigenvalue weighted by Gasteiger charge is -2.15. The van der Waals surface area contributed by atoms with Gasteiger partial charge in [-0.1, -0.05) is 84.9 Å². The number of aromatic nitrogens is 4. The molecule has 0 fully saturated rings. The van der Waals surface area contributed by atoms with Crippen molar-refractivity contribution in [3.05, 3.63) is 145 Å². The Bertz CT molecular complexity index is 2610. The molecule has 6 aromatic carbocycles. The van der Waals surface area contributed by atoms with Crippen LogP contribution in [0.2, 0.25) is 0 Å². The number of fused-ring (bicyclic) bond motifs is 6. The zero-order valence-electron chi connectivity index (χ0n) is 24.4. The van der Waals surface area contributed by atoms with E-state index in [1.807, 2.05) is 91.0 Å². The molecule has 0 N–H and O–H groups in total. The van der Waals surface area contributed by atoms with Crippen LogP contribution >= 0.6 is 0 Å². The molecule has 0 unspecified atom stereocenters. The minimum atomic E-state index is 0.481. The highest BCUT2D eigenvalue weighted by Crippen LogP contribution is 2.37. The number of benzene rings is 6. The highest BCUT2D eigenvalue weighted by atomic mass is 16.3. The van der Waals surface area contributed by atoms with Crippen LogP contribution < -0.4 is 0 Å². The SMILES string of the molecule is N#Cc1ccc(-n2c3ccccc3c3ccccc32)c(-c2nc(-c3ccccc3)nc(-c3ccc4oc5ccccc5c4c3)n2)c1. The summed E-state index contributed by atoms with van der Waals surface area (Å²) in [7, 11) is 0. The van der Waals surface area contributed by atoms with Gasteiger partial charge in [0.2, 0.25) is 0 Å². The van der Waals surface area contributed by atoms with Gasteiger partial charge in [-0.3, -0.25) is 0 Å². The van der Waals surface area contributed by atoms with Gasteiger partial charge < -0.3 is 8.98 Å². The second kappa shape index (κ2) is 10.3. The van der Waals surface area contributed by atoms with Gasteiger partial charge in [0.15, 0.2) is 17.5 Å². The quantitative estimate of drug-likeness (QED) is 0.204. The smallest absolute Gasteiger partial charge is 0.166 e. The van der Waals surface area contributed by atoms with Crippen molar-refractivity contribution < 1.29 is 4.42 Å². The number of rotatable bonds is 4.